The number of hydrogen-bond donors (Lipinski definition) is 0. The van der Waals surface area contributed by atoms with E-state index in [4.69, 9.17) is 0 Å². The first-order valence-electron chi connectivity index (χ1n) is 4.93. The lowest BCUT2D eigenvalue weighted by Crippen LogP contribution is -2.52. The zero-order chi connectivity index (χ0) is 8.29. The van der Waals surface area contributed by atoms with E-state index in [1.54, 1.807) is 0 Å². The molecule has 0 heterocycles. The number of Topliss-reactive ketones (excluding diaryl/α,β-unsaturated/α-hetero) is 1. The Balaban J connectivity index is 1.98. The molecule has 5 atom stereocenters. The molecular formula is C10H13FO. The number of rotatable bonds is 0. The second kappa shape index (κ2) is 2.09. The number of ketones is 1. The number of hydrogen-bond acceptors (Lipinski definition) is 1. The van der Waals surface area contributed by atoms with Crippen molar-refractivity contribution in [3.05, 3.63) is 0 Å². The van der Waals surface area contributed by atoms with E-state index in [9.17, 15) is 9.18 Å². The van der Waals surface area contributed by atoms with Crippen molar-refractivity contribution in [3.8, 4) is 0 Å². The van der Waals surface area contributed by atoms with E-state index in [2.05, 4.69) is 0 Å². The Morgan fingerprint density at radius 2 is 2.00 bits per heavy atom. The summed E-state index contributed by atoms with van der Waals surface area (Å²) in [5.41, 5.74) is 0. The average Bonchev–Trinajstić information content (AvgIpc) is 2.07. The second-order valence-corrected chi connectivity index (χ2v) is 4.72. The van der Waals surface area contributed by atoms with Crippen LogP contribution in [0.1, 0.15) is 25.7 Å². The zero-order valence-electron chi connectivity index (χ0n) is 7.00. The molecule has 0 amide bonds. The molecule has 1 nitrogen and oxygen atoms in total. The fourth-order valence-electron chi connectivity index (χ4n) is 3.56. The van der Waals surface area contributed by atoms with Crippen molar-refractivity contribution in [2.75, 3.05) is 0 Å². The molecule has 0 aromatic rings. The number of carbonyl (C=O) groups is 1. The van der Waals surface area contributed by atoms with E-state index in [0.29, 0.717) is 5.92 Å². The van der Waals surface area contributed by atoms with Gasteiger partial charge in [-0.15, -0.1) is 0 Å². The largest absolute Gasteiger partial charge is 0.299 e. The smallest absolute Gasteiger partial charge is 0.141 e. The van der Waals surface area contributed by atoms with Crippen molar-refractivity contribution in [1.82, 2.24) is 0 Å². The molecule has 66 valence electrons. The van der Waals surface area contributed by atoms with E-state index in [1.807, 2.05) is 0 Å². The quantitative estimate of drug-likeness (QED) is 0.540. The van der Waals surface area contributed by atoms with E-state index in [-0.39, 0.29) is 23.5 Å². The summed E-state index contributed by atoms with van der Waals surface area (Å²) in [6.07, 6.45) is 3.05. The van der Waals surface area contributed by atoms with Crippen LogP contribution in [0.3, 0.4) is 0 Å². The molecule has 4 aliphatic rings. The van der Waals surface area contributed by atoms with Crippen molar-refractivity contribution < 1.29 is 9.18 Å². The highest BCUT2D eigenvalue weighted by Crippen LogP contribution is 2.52. The third kappa shape index (κ3) is 0.711. The topological polar surface area (TPSA) is 17.1 Å². The first-order valence-corrected chi connectivity index (χ1v) is 4.93. The van der Waals surface area contributed by atoms with Crippen molar-refractivity contribution >= 4 is 5.78 Å². The van der Waals surface area contributed by atoms with Crippen LogP contribution in [-0.4, -0.2) is 12.0 Å². The van der Waals surface area contributed by atoms with Gasteiger partial charge in [0.25, 0.3) is 0 Å². The van der Waals surface area contributed by atoms with Crippen molar-refractivity contribution in [2.45, 2.75) is 31.9 Å². The van der Waals surface area contributed by atoms with Gasteiger partial charge < -0.3 is 0 Å². The summed E-state index contributed by atoms with van der Waals surface area (Å²) >= 11 is 0. The normalized spacial score (nSPS) is 56.4. The Morgan fingerprint density at radius 3 is 2.83 bits per heavy atom. The molecule has 2 heteroatoms. The van der Waals surface area contributed by atoms with Crippen LogP contribution >= 0.6 is 0 Å². The monoisotopic (exact) mass is 168 g/mol. The summed E-state index contributed by atoms with van der Waals surface area (Å²) in [4.78, 5) is 11.5. The predicted octanol–water partition coefficient (Wildman–Crippen LogP) is 1.96. The summed E-state index contributed by atoms with van der Waals surface area (Å²) in [7, 11) is 0. The molecule has 0 aromatic heterocycles. The standard InChI is InChI=1S/C10H13FO/c11-9-6-1-5-2-7(4-6)10(12)8(9)3-5/h5-9H,1-4H2/t5?,6?,7?,8?,9-/m0/s1. The summed E-state index contributed by atoms with van der Waals surface area (Å²) < 4.78 is 13.5. The number of halogens is 1. The second-order valence-electron chi connectivity index (χ2n) is 4.72. The van der Waals surface area contributed by atoms with Gasteiger partial charge in [-0.2, -0.15) is 0 Å². The van der Waals surface area contributed by atoms with Crippen LogP contribution in [0.4, 0.5) is 4.39 Å². The lowest BCUT2D eigenvalue weighted by Gasteiger charge is -2.50. The van der Waals surface area contributed by atoms with Gasteiger partial charge in [0.05, 0.1) is 0 Å². The molecule has 4 unspecified atom stereocenters. The Hall–Kier alpha value is -0.400. The van der Waals surface area contributed by atoms with Gasteiger partial charge in [-0.25, -0.2) is 4.39 Å². The van der Waals surface area contributed by atoms with E-state index < -0.39 is 6.17 Å². The lowest BCUT2D eigenvalue weighted by atomic mass is 9.55. The Morgan fingerprint density at radius 1 is 1.17 bits per heavy atom. The van der Waals surface area contributed by atoms with Crippen LogP contribution < -0.4 is 0 Å². The third-order valence-corrected chi connectivity index (χ3v) is 4.03. The van der Waals surface area contributed by atoms with E-state index in [1.165, 1.54) is 0 Å². The lowest BCUT2D eigenvalue weighted by molar-refractivity contribution is -0.147. The molecule has 4 rings (SSSR count). The van der Waals surface area contributed by atoms with Crippen LogP contribution in [0, 0.1) is 23.7 Å². The van der Waals surface area contributed by atoms with Crippen LogP contribution in [0.5, 0.6) is 0 Å². The maximum atomic E-state index is 13.5. The average molecular weight is 168 g/mol. The van der Waals surface area contributed by atoms with Gasteiger partial charge >= 0.3 is 0 Å². The minimum absolute atomic E-state index is 0.193. The van der Waals surface area contributed by atoms with Gasteiger partial charge in [-0.3, -0.25) is 4.79 Å². The molecule has 4 bridgehead atoms. The van der Waals surface area contributed by atoms with Crippen LogP contribution in [0.25, 0.3) is 0 Å². The molecule has 4 aliphatic carbocycles. The third-order valence-electron chi connectivity index (χ3n) is 4.03. The maximum absolute atomic E-state index is 13.5. The minimum Gasteiger partial charge on any atom is -0.299 e. The Bertz CT molecular complexity index is 238. The fraction of sp³-hybridized carbons (Fsp3) is 0.900. The predicted molar refractivity (Wildman–Crippen MR) is 42.3 cm³/mol. The van der Waals surface area contributed by atoms with Crippen LogP contribution in [0.2, 0.25) is 0 Å². The van der Waals surface area contributed by atoms with Crippen molar-refractivity contribution in [3.63, 3.8) is 0 Å². The fourth-order valence-corrected chi connectivity index (χ4v) is 3.56. The minimum atomic E-state index is -0.787. The Kier molecular flexibility index (Phi) is 1.23. The molecule has 0 aliphatic heterocycles. The first-order chi connectivity index (χ1) is 5.75. The summed E-state index contributed by atoms with van der Waals surface area (Å²) in [6, 6.07) is 0. The van der Waals surface area contributed by atoms with Gasteiger partial charge in [0.2, 0.25) is 0 Å². The van der Waals surface area contributed by atoms with Crippen molar-refractivity contribution in [1.29, 1.82) is 0 Å². The highest BCUT2D eigenvalue weighted by molar-refractivity contribution is 5.86. The summed E-state index contributed by atoms with van der Waals surface area (Å²) in [5.74, 6) is 1.23. The number of carbonyl (C=O) groups excluding carboxylic acids is 1. The molecule has 0 radical (unpaired) electrons. The van der Waals surface area contributed by atoms with Gasteiger partial charge in [-0.05, 0) is 37.5 Å². The summed E-state index contributed by atoms with van der Waals surface area (Å²) in [5, 5.41) is 0. The van der Waals surface area contributed by atoms with Gasteiger partial charge in [0, 0.05) is 11.8 Å². The van der Waals surface area contributed by atoms with Gasteiger partial charge in [0.15, 0.2) is 0 Å². The molecule has 0 saturated heterocycles. The molecule has 12 heavy (non-hydrogen) atoms. The molecular weight excluding hydrogens is 155 g/mol. The highest BCUT2D eigenvalue weighted by Gasteiger charge is 2.53. The Labute approximate surface area is 71.3 Å². The van der Waals surface area contributed by atoms with Crippen LogP contribution in [0.15, 0.2) is 0 Å². The highest BCUT2D eigenvalue weighted by atomic mass is 19.1. The van der Waals surface area contributed by atoms with E-state index in [0.717, 1.165) is 25.7 Å². The number of alkyl halides is 1. The van der Waals surface area contributed by atoms with Crippen molar-refractivity contribution in [2.24, 2.45) is 23.7 Å². The SMILES string of the molecule is O=C1C2CC3CC(C2)[C@H](F)C1C3. The molecule has 4 saturated carbocycles. The van der Waals surface area contributed by atoms with E-state index >= 15 is 0 Å². The van der Waals surface area contributed by atoms with Crippen LogP contribution in [-0.2, 0) is 4.79 Å². The zero-order valence-corrected chi connectivity index (χ0v) is 7.00. The summed E-state index contributed by atoms with van der Waals surface area (Å²) in [6.45, 7) is 0. The molecule has 0 spiro atoms. The maximum Gasteiger partial charge on any atom is 0.141 e. The molecule has 0 aromatic carbocycles. The molecule has 0 N–H and O–H groups in total. The first kappa shape index (κ1) is 7.05. The van der Waals surface area contributed by atoms with Gasteiger partial charge in [-0.1, -0.05) is 0 Å². The molecule has 4 fully saturated rings. The van der Waals surface area contributed by atoms with Gasteiger partial charge in [0.1, 0.15) is 12.0 Å².